The first-order chi connectivity index (χ1) is 11.9. The number of benzene rings is 1. The summed E-state index contributed by atoms with van der Waals surface area (Å²) >= 11 is 5.86. The van der Waals surface area contributed by atoms with E-state index in [1.54, 1.807) is 19.9 Å². The lowest BCUT2D eigenvalue weighted by atomic mass is 10.1. The number of nitrogens with one attached hydrogen (secondary N) is 1. The summed E-state index contributed by atoms with van der Waals surface area (Å²) in [6.07, 6.45) is -0.392. The maximum absolute atomic E-state index is 12.2. The average Bonchev–Trinajstić information content (AvgIpc) is 2.48. The third kappa shape index (κ3) is 6.52. The summed E-state index contributed by atoms with van der Waals surface area (Å²) in [4.78, 5) is 34.9. The Hall–Kier alpha value is -2.33. The number of sulfonamides is 1. The van der Waals surface area contributed by atoms with Gasteiger partial charge in [-0.25, -0.2) is 13.2 Å². The Balaban J connectivity index is 2.99. The zero-order valence-electron chi connectivity index (χ0n) is 14.4. The SMILES string of the molecule is CC(C)[C@@H](OC(=O)CN(c1cccc(Cl)c1)S(C)(=O)=O)C(=O)NC(N)=O. The summed E-state index contributed by atoms with van der Waals surface area (Å²) in [5.41, 5.74) is 5.05. The first-order valence-electron chi connectivity index (χ1n) is 7.45. The number of carbonyl (C=O) groups excluding carboxylic acids is 3. The van der Waals surface area contributed by atoms with Crippen LogP contribution in [0, 0.1) is 5.92 Å². The average molecular weight is 406 g/mol. The Bertz CT molecular complexity index is 796. The first-order valence-corrected chi connectivity index (χ1v) is 9.67. The molecule has 0 saturated carbocycles. The molecule has 0 heterocycles. The summed E-state index contributed by atoms with van der Waals surface area (Å²) in [6.45, 7) is 2.50. The molecule has 0 bridgehead atoms. The summed E-state index contributed by atoms with van der Waals surface area (Å²) in [7, 11) is -3.83. The Labute approximate surface area is 156 Å². The van der Waals surface area contributed by atoms with Crippen LogP contribution in [-0.2, 0) is 24.3 Å². The van der Waals surface area contributed by atoms with Gasteiger partial charge in [-0.1, -0.05) is 31.5 Å². The largest absolute Gasteiger partial charge is 0.451 e. The van der Waals surface area contributed by atoms with Gasteiger partial charge < -0.3 is 10.5 Å². The van der Waals surface area contributed by atoms with Crippen LogP contribution in [-0.4, -0.2) is 45.2 Å². The van der Waals surface area contributed by atoms with E-state index in [2.05, 4.69) is 0 Å². The van der Waals surface area contributed by atoms with Gasteiger partial charge in [-0.15, -0.1) is 0 Å². The monoisotopic (exact) mass is 405 g/mol. The third-order valence-electron chi connectivity index (χ3n) is 3.14. The fourth-order valence-corrected chi connectivity index (χ4v) is 3.03. The van der Waals surface area contributed by atoms with Crippen LogP contribution in [0.5, 0.6) is 0 Å². The molecule has 3 amide bonds. The van der Waals surface area contributed by atoms with E-state index in [0.717, 1.165) is 10.6 Å². The Morgan fingerprint density at radius 1 is 1.31 bits per heavy atom. The van der Waals surface area contributed by atoms with Gasteiger partial charge in [-0.05, 0) is 24.1 Å². The number of imide groups is 1. The van der Waals surface area contributed by atoms with Crippen LogP contribution in [0.2, 0.25) is 5.02 Å². The molecule has 0 radical (unpaired) electrons. The lowest BCUT2D eigenvalue weighted by Gasteiger charge is -2.24. The number of nitrogens with two attached hydrogens (primary N) is 1. The van der Waals surface area contributed by atoms with Crippen molar-refractivity contribution in [3.63, 3.8) is 0 Å². The fraction of sp³-hybridized carbons (Fsp3) is 0.400. The molecule has 0 aliphatic rings. The molecule has 26 heavy (non-hydrogen) atoms. The van der Waals surface area contributed by atoms with Crippen LogP contribution in [0.15, 0.2) is 24.3 Å². The molecule has 0 spiro atoms. The molecule has 144 valence electrons. The molecule has 1 rings (SSSR count). The van der Waals surface area contributed by atoms with Crippen LogP contribution < -0.4 is 15.4 Å². The summed E-state index contributed by atoms with van der Waals surface area (Å²) < 4.78 is 29.9. The number of hydrogen-bond acceptors (Lipinski definition) is 6. The summed E-state index contributed by atoms with van der Waals surface area (Å²) in [6, 6.07) is 4.81. The molecule has 0 saturated heterocycles. The molecule has 11 heteroatoms. The maximum atomic E-state index is 12.2. The highest BCUT2D eigenvalue weighted by Crippen LogP contribution is 2.22. The van der Waals surface area contributed by atoms with Crippen molar-refractivity contribution in [2.24, 2.45) is 11.7 Å². The number of ether oxygens (including phenoxy) is 1. The molecule has 1 aromatic rings. The van der Waals surface area contributed by atoms with Crippen molar-refractivity contribution in [1.29, 1.82) is 0 Å². The van der Waals surface area contributed by atoms with E-state index in [0.29, 0.717) is 0 Å². The van der Waals surface area contributed by atoms with E-state index in [1.807, 2.05) is 5.32 Å². The number of anilines is 1. The lowest BCUT2D eigenvalue weighted by molar-refractivity contribution is -0.156. The van der Waals surface area contributed by atoms with Crippen LogP contribution in [0.1, 0.15) is 13.8 Å². The molecule has 9 nitrogen and oxygen atoms in total. The molecule has 0 unspecified atom stereocenters. The summed E-state index contributed by atoms with van der Waals surface area (Å²) in [5.74, 6) is -2.35. The molecular weight excluding hydrogens is 386 g/mol. The first kappa shape index (κ1) is 21.7. The number of nitrogens with zero attached hydrogens (tertiary/aromatic N) is 1. The zero-order chi connectivity index (χ0) is 20.1. The van der Waals surface area contributed by atoms with E-state index in [9.17, 15) is 22.8 Å². The topological polar surface area (TPSA) is 136 Å². The number of amides is 3. The van der Waals surface area contributed by atoms with Gasteiger partial charge in [0.15, 0.2) is 6.10 Å². The predicted octanol–water partition coefficient (Wildman–Crippen LogP) is 0.869. The lowest BCUT2D eigenvalue weighted by Crippen LogP contribution is -2.47. The highest BCUT2D eigenvalue weighted by Gasteiger charge is 2.29. The minimum atomic E-state index is -3.83. The molecule has 1 aromatic carbocycles. The summed E-state index contributed by atoms with van der Waals surface area (Å²) in [5, 5.41) is 2.11. The van der Waals surface area contributed by atoms with E-state index >= 15 is 0 Å². The molecule has 0 aliphatic carbocycles. The van der Waals surface area contributed by atoms with Crippen molar-refractivity contribution in [2.75, 3.05) is 17.1 Å². The zero-order valence-corrected chi connectivity index (χ0v) is 16.0. The normalized spacial score (nSPS) is 12.3. The van der Waals surface area contributed by atoms with E-state index in [4.69, 9.17) is 22.1 Å². The predicted molar refractivity (Wildman–Crippen MR) is 96.1 cm³/mol. The van der Waals surface area contributed by atoms with Gasteiger partial charge in [0.1, 0.15) is 6.54 Å². The second kappa shape index (κ2) is 8.86. The molecule has 0 aliphatic heterocycles. The number of hydrogen-bond donors (Lipinski definition) is 2. The van der Waals surface area contributed by atoms with E-state index in [1.165, 1.54) is 18.2 Å². The van der Waals surface area contributed by atoms with Gasteiger partial charge in [0.2, 0.25) is 10.0 Å². The minimum absolute atomic E-state index is 0.166. The fourth-order valence-electron chi connectivity index (χ4n) is 2.01. The van der Waals surface area contributed by atoms with E-state index < -0.39 is 46.5 Å². The van der Waals surface area contributed by atoms with Crippen molar-refractivity contribution in [1.82, 2.24) is 5.32 Å². The van der Waals surface area contributed by atoms with Gasteiger partial charge in [-0.2, -0.15) is 0 Å². The number of halogens is 1. The highest BCUT2D eigenvalue weighted by atomic mass is 35.5. The second-order valence-corrected chi connectivity index (χ2v) is 8.10. The highest BCUT2D eigenvalue weighted by molar-refractivity contribution is 7.92. The van der Waals surface area contributed by atoms with Crippen LogP contribution in [0.3, 0.4) is 0 Å². The van der Waals surface area contributed by atoms with Gasteiger partial charge >= 0.3 is 12.0 Å². The van der Waals surface area contributed by atoms with Crippen molar-refractivity contribution >= 4 is 45.2 Å². The standard InChI is InChI=1S/C15H20ClN3O6S/c1-9(2)13(14(21)18-15(17)22)25-12(20)8-19(26(3,23)24)11-6-4-5-10(16)7-11/h4-7,9,13H,8H2,1-3H3,(H3,17,18,21,22)/t13-/m1/s1. The van der Waals surface area contributed by atoms with E-state index in [-0.39, 0.29) is 10.7 Å². The van der Waals surface area contributed by atoms with Crippen molar-refractivity contribution in [3.05, 3.63) is 29.3 Å². The van der Waals surface area contributed by atoms with Crippen LogP contribution >= 0.6 is 11.6 Å². The number of primary amides is 1. The van der Waals surface area contributed by atoms with Gasteiger partial charge in [0.25, 0.3) is 5.91 Å². The number of urea groups is 1. The molecular formula is C15H20ClN3O6S. The number of esters is 1. The quantitative estimate of drug-likeness (QED) is 0.646. The number of carbonyl (C=O) groups is 3. The molecule has 3 N–H and O–H groups in total. The van der Waals surface area contributed by atoms with Gasteiger partial charge in [0, 0.05) is 5.02 Å². The second-order valence-electron chi connectivity index (χ2n) is 5.76. The molecule has 0 aromatic heterocycles. The number of rotatable bonds is 7. The van der Waals surface area contributed by atoms with Gasteiger partial charge in [-0.3, -0.25) is 19.2 Å². The minimum Gasteiger partial charge on any atom is -0.451 e. The van der Waals surface area contributed by atoms with Crippen LogP contribution in [0.4, 0.5) is 10.5 Å². The van der Waals surface area contributed by atoms with Gasteiger partial charge in [0.05, 0.1) is 11.9 Å². The maximum Gasteiger partial charge on any atom is 0.327 e. The third-order valence-corrected chi connectivity index (χ3v) is 4.51. The Morgan fingerprint density at radius 2 is 1.92 bits per heavy atom. The van der Waals surface area contributed by atoms with Crippen molar-refractivity contribution in [3.8, 4) is 0 Å². The molecule has 1 atom stereocenters. The van der Waals surface area contributed by atoms with Crippen molar-refractivity contribution < 1.29 is 27.5 Å². The molecule has 0 fully saturated rings. The Kier molecular flexibility index (Phi) is 7.40. The Morgan fingerprint density at radius 3 is 2.38 bits per heavy atom. The smallest absolute Gasteiger partial charge is 0.327 e. The van der Waals surface area contributed by atoms with Crippen molar-refractivity contribution in [2.45, 2.75) is 20.0 Å². The van der Waals surface area contributed by atoms with Crippen LogP contribution in [0.25, 0.3) is 0 Å².